The Morgan fingerprint density at radius 3 is 2.48 bits per heavy atom. The highest BCUT2D eigenvalue weighted by Gasteiger charge is 2.22. The van der Waals surface area contributed by atoms with Crippen molar-refractivity contribution in [3.63, 3.8) is 0 Å². The van der Waals surface area contributed by atoms with Crippen LogP contribution >= 0.6 is 0 Å². The maximum atomic E-state index is 12.1. The van der Waals surface area contributed by atoms with E-state index in [0.717, 1.165) is 5.56 Å². The Labute approximate surface area is 173 Å². The molecule has 2 aromatic rings. The molecule has 0 aliphatic heterocycles. The van der Waals surface area contributed by atoms with Gasteiger partial charge in [0.25, 0.3) is 0 Å². The number of ether oxygens (including phenoxy) is 1. The van der Waals surface area contributed by atoms with E-state index in [1.807, 2.05) is 30.3 Å². The van der Waals surface area contributed by atoms with Gasteiger partial charge < -0.3 is 15.2 Å². The van der Waals surface area contributed by atoms with Gasteiger partial charge in [-0.15, -0.1) is 6.58 Å². The van der Waals surface area contributed by atoms with E-state index in [0.29, 0.717) is 38.2 Å². The lowest BCUT2D eigenvalue weighted by Gasteiger charge is -2.24. The maximum absolute atomic E-state index is 12.1. The summed E-state index contributed by atoms with van der Waals surface area (Å²) in [6.45, 7) is 5.07. The topological polar surface area (TPSA) is 102 Å². The van der Waals surface area contributed by atoms with Crippen molar-refractivity contribution in [2.45, 2.75) is 36.3 Å². The molecule has 2 aromatic carbocycles. The average Bonchev–Trinajstić information content (AvgIpc) is 2.71. The molecule has 0 radical (unpaired) electrons. The van der Waals surface area contributed by atoms with Crippen LogP contribution in [0, 0.1) is 0 Å². The lowest BCUT2D eigenvalue weighted by molar-refractivity contribution is 0.104. The normalized spacial score (nSPS) is 13.7. The van der Waals surface area contributed by atoms with E-state index in [9.17, 15) is 13.5 Å². The number of sulfonamides is 1. The van der Waals surface area contributed by atoms with Gasteiger partial charge in [-0.3, -0.25) is 0 Å². The Kier molecular flexibility index (Phi) is 9.50. The Morgan fingerprint density at radius 2 is 1.83 bits per heavy atom. The molecule has 0 bridgehead atoms. The Morgan fingerprint density at radius 1 is 1.14 bits per heavy atom. The summed E-state index contributed by atoms with van der Waals surface area (Å²) in [5.41, 5.74) is 1.67. The standard InChI is InChI=1S/C22H30N2O4S/c1-2-8-20(13-14-25)24-15-19(17-28-16-18-9-4-3-5-10-18)21-11-6-7-12-22(21)29(23,26)27/h2-7,9-12,19-20,24-25H,1,8,13-17H2,(H2,23,26,27)/t19-,20-/m1/s1. The molecule has 4 N–H and O–H groups in total. The van der Waals surface area contributed by atoms with Gasteiger partial charge >= 0.3 is 0 Å². The molecule has 0 aliphatic rings. The van der Waals surface area contributed by atoms with Crippen molar-refractivity contribution in [2.75, 3.05) is 19.8 Å². The number of rotatable bonds is 13. The van der Waals surface area contributed by atoms with Crippen LogP contribution in [0.2, 0.25) is 0 Å². The molecule has 0 saturated carbocycles. The molecule has 2 rings (SSSR count). The van der Waals surface area contributed by atoms with Gasteiger partial charge in [0.1, 0.15) is 0 Å². The molecule has 0 spiro atoms. The fourth-order valence-electron chi connectivity index (χ4n) is 3.20. The van der Waals surface area contributed by atoms with Crippen LogP contribution in [0.3, 0.4) is 0 Å². The zero-order valence-corrected chi connectivity index (χ0v) is 17.4. The number of hydrogen-bond acceptors (Lipinski definition) is 5. The number of aliphatic hydroxyl groups is 1. The Hall–Kier alpha value is -2.03. The lowest BCUT2D eigenvalue weighted by atomic mass is 9.98. The third-order valence-electron chi connectivity index (χ3n) is 4.68. The monoisotopic (exact) mass is 418 g/mol. The van der Waals surface area contributed by atoms with E-state index < -0.39 is 10.0 Å². The van der Waals surface area contributed by atoms with E-state index in [4.69, 9.17) is 9.88 Å². The van der Waals surface area contributed by atoms with Crippen molar-refractivity contribution in [3.05, 3.63) is 78.4 Å². The molecule has 0 saturated heterocycles. The smallest absolute Gasteiger partial charge is 0.238 e. The van der Waals surface area contributed by atoms with Gasteiger partial charge in [0, 0.05) is 25.1 Å². The Bertz CT molecular complexity index is 856. The van der Waals surface area contributed by atoms with Crippen molar-refractivity contribution in [2.24, 2.45) is 5.14 Å². The summed E-state index contributed by atoms with van der Waals surface area (Å²) >= 11 is 0. The van der Waals surface area contributed by atoms with Crippen molar-refractivity contribution in [3.8, 4) is 0 Å². The first-order valence-corrected chi connectivity index (χ1v) is 11.2. The second kappa shape index (κ2) is 11.8. The number of hydrogen-bond donors (Lipinski definition) is 3. The molecule has 29 heavy (non-hydrogen) atoms. The zero-order chi connectivity index (χ0) is 21.1. The number of aliphatic hydroxyl groups excluding tert-OH is 1. The van der Waals surface area contributed by atoms with E-state index in [1.54, 1.807) is 24.3 Å². The van der Waals surface area contributed by atoms with Gasteiger partial charge in [0.15, 0.2) is 0 Å². The van der Waals surface area contributed by atoms with Crippen LogP contribution < -0.4 is 10.5 Å². The Balaban J connectivity index is 2.17. The van der Waals surface area contributed by atoms with Crippen molar-refractivity contribution >= 4 is 10.0 Å². The van der Waals surface area contributed by atoms with Crippen LogP contribution in [0.1, 0.15) is 29.9 Å². The van der Waals surface area contributed by atoms with Gasteiger partial charge in [-0.05, 0) is 30.0 Å². The highest BCUT2D eigenvalue weighted by molar-refractivity contribution is 7.89. The predicted octanol–water partition coefficient (Wildman–Crippen LogP) is 2.55. The van der Waals surface area contributed by atoms with E-state index in [2.05, 4.69) is 11.9 Å². The average molecular weight is 419 g/mol. The third-order valence-corrected chi connectivity index (χ3v) is 5.66. The molecule has 0 unspecified atom stereocenters. The second-order valence-corrected chi connectivity index (χ2v) is 8.45. The van der Waals surface area contributed by atoms with Crippen LogP contribution in [-0.4, -0.2) is 39.3 Å². The van der Waals surface area contributed by atoms with Gasteiger partial charge in [-0.2, -0.15) is 0 Å². The second-order valence-electron chi connectivity index (χ2n) is 6.92. The van der Waals surface area contributed by atoms with Gasteiger partial charge in [-0.25, -0.2) is 13.6 Å². The summed E-state index contributed by atoms with van der Waals surface area (Å²) in [4.78, 5) is 0.109. The largest absolute Gasteiger partial charge is 0.396 e. The third kappa shape index (κ3) is 7.72. The van der Waals surface area contributed by atoms with Crippen LogP contribution in [0.25, 0.3) is 0 Å². The number of nitrogens with one attached hydrogen (secondary N) is 1. The van der Waals surface area contributed by atoms with Crippen molar-refractivity contribution < 1.29 is 18.3 Å². The zero-order valence-electron chi connectivity index (χ0n) is 16.5. The summed E-state index contributed by atoms with van der Waals surface area (Å²) in [5, 5.41) is 18.1. The van der Waals surface area contributed by atoms with Crippen LogP contribution in [0.5, 0.6) is 0 Å². The molecule has 6 nitrogen and oxygen atoms in total. The molecule has 0 aliphatic carbocycles. The molecular weight excluding hydrogens is 388 g/mol. The van der Waals surface area contributed by atoms with Crippen molar-refractivity contribution in [1.29, 1.82) is 0 Å². The maximum Gasteiger partial charge on any atom is 0.238 e. The minimum atomic E-state index is -3.85. The molecule has 7 heteroatoms. The lowest BCUT2D eigenvalue weighted by Crippen LogP contribution is -2.35. The number of primary sulfonamides is 1. The van der Waals surface area contributed by atoms with E-state index in [-0.39, 0.29) is 23.5 Å². The van der Waals surface area contributed by atoms with Gasteiger partial charge in [-0.1, -0.05) is 54.6 Å². The van der Waals surface area contributed by atoms with Crippen molar-refractivity contribution in [1.82, 2.24) is 5.32 Å². The van der Waals surface area contributed by atoms with Crippen LogP contribution in [0.15, 0.2) is 72.1 Å². The molecule has 0 amide bonds. The van der Waals surface area contributed by atoms with E-state index in [1.165, 1.54) is 6.07 Å². The summed E-state index contributed by atoms with van der Waals surface area (Å²) < 4.78 is 30.0. The molecule has 0 aromatic heterocycles. The summed E-state index contributed by atoms with van der Waals surface area (Å²) in [7, 11) is -3.85. The van der Waals surface area contributed by atoms with Crippen LogP contribution in [-0.2, 0) is 21.4 Å². The van der Waals surface area contributed by atoms with Crippen LogP contribution in [0.4, 0.5) is 0 Å². The number of benzene rings is 2. The first-order chi connectivity index (χ1) is 14.0. The molecule has 158 valence electrons. The predicted molar refractivity (Wildman–Crippen MR) is 115 cm³/mol. The number of nitrogens with two attached hydrogens (primary N) is 1. The fraction of sp³-hybridized carbons (Fsp3) is 0.364. The van der Waals surface area contributed by atoms with Gasteiger partial charge in [0.2, 0.25) is 10.0 Å². The molecule has 2 atom stereocenters. The summed E-state index contributed by atoms with van der Waals surface area (Å²) in [5.74, 6) is -0.223. The molecule has 0 heterocycles. The summed E-state index contributed by atoms with van der Waals surface area (Å²) in [6.07, 6.45) is 3.09. The first-order valence-electron chi connectivity index (χ1n) is 9.64. The summed E-state index contributed by atoms with van der Waals surface area (Å²) in [6, 6.07) is 16.6. The highest BCUT2D eigenvalue weighted by atomic mass is 32.2. The van der Waals surface area contributed by atoms with E-state index >= 15 is 0 Å². The highest BCUT2D eigenvalue weighted by Crippen LogP contribution is 2.24. The quantitative estimate of drug-likeness (QED) is 0.434. The minimum Gasteiger partial charge on any atom is -0.396 e. The molecule has 0 fully saturated rings. The molecular formula is C22H30N2O4S. The first kappa shape index (κ1) is 23.3. The van der Waals surface area contributed by atoms with Gasteiger partial charge in [0.05, 0.1) is 18.1 Å². The fourth-order valence-corrected chi connectivity index (χ4v) is 4.03. The SMILES string of the molecule is C=CC[C@H](CCO)NC[C@H](COCc1ccccc1)c1ccccc1S(N)(=O)=O. The minimum absolute atomic E-state index is 0.0516.